The second kappa shape index (κ2) is 9.24. The third kappa shape index (κ3) is 4.48. The van der Waals surface area contributed by atoms with E-state index in [0.717, 1.165) is 23.3 Å². The fourth-order valence-corrected chi connectivity index (χ4v) is 11.3. The maximum absolute atomic E-state index is 13.7. The second-order valence-electron chi connectivity index (χ2n) is 11.9. The van der Waals surface area contributed by atoms with Crippen molar-refractivity contribution in [1.29, 1.82) is 0 Å². The van der Waals surface area contributed by atoms with Crippen LogP contribution in [-0.4, -0.2) is 53.9 Å². The van der Waals surface area contributed by atoms with Gasteiger partial charge >= 0.3 is 0 Å². The number of carbonyl (C=O) groups is 1. The number of aryl methyl sites for hydroxylation is 1. The first-order chi connectivity index (χ1) is 16.4. The van der Waals surface area contributed by atoms with Crippen molar-refractivity contribution in [2.45, 2.75) is 93.8 Å². The van der Waals surface area contributed by atoms with Crippen LogP contribution in [0.5, 0.6) is 0 Å². The summed E-state index contributed by atoms with van der Waals surface area (Å²) in [6.07, 6.45) is 6.14. The molecule has 6 rings (SSSR count). The lowest BCUT2D eigenvalue weighted by Crippen LogP contribution is -2.61. The Bertz CT molecular complexity index is 1100. The first-order valence-corrected chi connectivity index (χ1v) is 15.8. The van der Waals surface area contributed by atoms with Gasteiger partial charge in [-0.05, 0) is 108 Å². The monoisotopic (exact) mass is 614 g/mol. The van der Waals surface area contributed by atoms with E-state index < -0.39 is 10.0 Å². The Balaban J connectivity index is 1.40. The van der Waals surface area contributed by atoms with Crippen LogP contribution >= 0.6 is 22.6 Å². The van der Waals surface area contributed by atoms with Gasteiger partial charge in [0.25, 0.3) is 5.91 Å². The summed E-state index contributed by atoms with van der Waals surface area (Å²) < 4.78 is 35.2. The highest BCUT2D eigenvalue weighted by Gasteiger charge is 2.58. The molecule has 35 heavy (non-hydrogen) atoms. The van der Waals surface area contributed by atoms with Crippen molar-refractivity contribution in [3.63, 3.8) is 0 Å². The molecule has 5 fully saturated rings. The number of ether oxygens (including phenoxy) is 1. The normalized spacial score (nSPS) is 37.9. The van der Waals surface area contributed by atoms with Gasteiger partial charge in [-0.15, -0.1) is 0 Å². The van der Waals surface area contributed by atoms with E-state index in [4.69, 9.17) is 4.74 Å². The van der Waals surface area contributed by atoms with Crippen LogP contribution in [-0.2, 0) is 14.8 Å². The molecule has 5 aliphatic rings. The Labute approximate surface area is 224 Å². The summed E-state index contributed by atoms with van der Waals surface area (Å²) >= 11 is 2.66. The van der Waals surface area contributed by atoms with E-state index in [0.29, 0.717) is 28.1 Å². The average molecular weight is 615 g/mol. The molecule has 1 saturated heterocycles. The number of hydrogen-bond donors (Lipinski definition) is 1. The first kappa shape index (κ1) is 25.9. The van der Waals surface area contributed by atoms with Gasteiger partial charge in [0.05, 0.1) is 17.1 Å². The summed E-state index contributed by atoms with van der Waals surface area (Å²) in [5.74, 6) is 2.21. The molecule has 1 N–H and O–H groups in total. The molecular formula is C27H39IN2O4S. The van der Waals surface area contributed by atoms with Crippen molar-refractivity contribution in [2.24, 2.45) is 23.2 Å². The van der Waals surface area contributed by atoms with Crippen LogP contribution in [0.2, 0.25) is 0 Å². The fraction of sp³-hybridized carbons (Fsp3) is 0.741. The van der Waals surface area contributed by atoms with E-state index in [9.17, 15) is 13.2 Å². The minimum Gasteiger partial charge on any atom is -0.373 e. The van der Waals surface area contributed by atoms with Crippen LogP contribution in [0.25, 0.3) is 0 Å². The molecule has 1 aliphatic heterocycles. The molecular weight excluding hydrogens is 575 g/mol. The Morgan fingerprint density at radius 3 is 2.31 bits per heavy atom. The number of sulfonamides is 1. The molecule has 6 unspecified atom stereocenters. The minimum absolute atomic E-state index is 0.0629. The zero-order chi connectivity index (χ0) is 25.3. The Hall–Kier alpha value is -0.710. The van der Waals surface area contributed by atoms with Gasteiger partial charge in [-0.3, -0.25) is 4.79 Å². The smallest absolute Gasteiger partial charge is 0.251 e. The van der Waals surface area contributed by atoms with Crippen molar-refractivity contribution in [3.8, 4) is 0 Å². The molecule has 0 spiro atoms. The van der Waals surface area contributed by atoms with Crippen molar-refractivity contribution in [1.82, 2.24) is 9.62 Å². The molecule has 6 nitrogen and oxygen atoms in total. The van der Waals surface area contributed by atoms with Gasteiger partial charge in [-0.1, -0.05) is 22.6 Å². The van der Waals surface area contributed by atoms with Crippen molar-refractivity contribution in [3.05, 3.63) is 28.8 Å². The lowest BCUT2D eigenvalue weighted by molar-refractivity contribution is -0.0562. The molecule has 4 bridgehead atoms. The lowest BCUT2D eigenvalue weighted by Gasteiger charge is -2.61. The Morgan fingerprint density at radius 1 is 1.11 bits per heavy atom. The van der Waals surface area contributed by atoms with Gasteiger partial charge in [-0.25, -0.2) is 8.42 Å². The molecule has 1 heterocycles. The highest BCUT2D eigenvalue weighted by Crippen LogP contribution is 2.63. The van der Waals surface area contributed by atoms with Gasteiger partial charge in [0.15, 0.2) is 0 Å². The number of hydrogen-bond acceptors (Lipinski definition) is 4. The second-order valence-corrected chi connectivity index (χ2v) is 15.2. The third-order valence-electron chi connectivity index (χ3n) is 9.34. The van der Waals surface area contributed by atoms with E-state index in [1.807, 2.05) is 33.8 Å². The van der Waals surface area contributed by atoms with E-state index in [2.05, 4.69) is 34.8 Å². The largest absolute Gasteiger partial charge is 0.373 e. The van der Waals surface area contributed by atoms with E-state index >= 15 is 0 Å². The molecule has 4 saturated carbocycles. The van der Waals surface area contributed by atoms with Gasteiger partial charge < -0.3 is 10.1 Å². The lowest BCUT2D eigenvalue weighted by atomic mass is 9.48. The highest BCUT2D eigenvalue weighted by atomic mass is 127. The molecule has 6 atom stereocenters. The van der Waals surface area contributed by atoms with Crippen molar-refractivity contribution >= 4 is 38.5 Å². The number of benzene rings is 1. The van der Waals surface area contributed by atoms with Crippen LogP contribution in [0.15, 0.2) is 17.0 Å². The summed E-state index contributed by atoms with van der Waals surface area (Å²) in [6.45, 7) is 10.3. The van der Waals surface area contributed by atoms with Crippen LogP contribution in [0, 0.1) is 37.0 Å². The molecule has 0 radical (unpaired) electrons. The number of nitrogens with one attached hydrogen (secondary N) is 1. The maximum Gasteiger partial charge on any atom is 0.251 e. The number of rotatable bonds is 5. The zero-order valence-corrected chi connectivity index (χ0v) is 24.5. The van der Waals surface area contributed by atoms with Crippen molar-refractivity contribution in [2.75, 3.05) is 13.1 Å². The summed E-state index contributed by atoms with van der Waals surface area (Å²) in [7, 11) is -3.74. The van der Waals surface area contributed by atoms with E-state index in [1.54, 1.807) is 6.07 Å². The summed E-state index contributed by atoms with van der Waals surface area (Å²) in [5, 5.41) is 3.33. The predicted octanol–water partition coefficient (Wildman–Crippen LogP) is 4.85. The number of alkyl halides is 1. The maximum atomic E-state index is 13.7. The molecule has 1 amide bonds. The summed E-state index contributed by atoms with van der Waals surface area (Å²) in [4.78, 5) is 13.8. The predicted molar refractivity (Wildman–Crippen MR) is 145 cm³/mol. The van der Waals surface area contributed by atoms with Crippen LogP contribution in [0.3, 0.4) is 0 Å². The first-order valence-electron chi connectivity index (χ1n) is 13.1. The molecule has 1 aromatic rings. The van der Waals surface area contributed by atoms with Crippen LogP contribution < -0.4 is 5.32 Å². The summed E-state index contributed by atoms with van der Waals surface area (Å²) in [5.41, 5.74) is 2.11. The van der Waals surface area contributed by atoms with Gasteiger partial charge in [0, 0.05) is 34.0 Å². The SMILES string of the molecule is Cc1cc(C(=O)NC(C)C23CC4CC(CC(C4)C2I)C3)cc(S(=O)(=O)N2CC(C)OC(C)C2)c1C. The van der Waals surface area contributed by atoms with E-state index in [-0.39, 0.29) is 34.5 Å². The molecule has 194 valence electrons. The topological polar surface area (TPSA) is 75.7 Å². The number of morpholine rings is 1. The minimum atomic E-state index is -3.74. The van der Waals surface area contributed by atoms with Crippen LogP contribution in [0.4, 0.5) is 0 Å². The summed E-state index contributed by atoms with van der Waals surface area (Å²) in [6, 6.07) is 3.49. The fourth-order valence-electron chi connectivity index (χ4n) is 7.75. The van der Waals surface area contributed by atoms with Gasteiger partial charge in [0.1, 0.15) is 0 Å². The van der Waals surface area contributed by atoms with Crippen molar-refractivity contribution < 1.29 is 17.9 Å². The van der Waals surface area contributed by atoms with Gasteiger partial charge in [-0.2, -0.15) is 4.31 Å². The van der Waals surface area contributed by atoms with E-state index in [1.165, 1.54) is 36.4 Å². The quantitative estimate of drug-likeness (QED) is 0.380. The molecule has 1 aromatic carbocycles. The number of amides is 1. The molecule has 4 aliphatic carbocycles. The number of carbonyl (C=O) groups excluding carboxylic acids is 1. The zero-order valence-electron chi connectivity index (χ0n) is 21.5. The number of nitrogens with zero attached hydrogens (tertiary/aromatic N) is 1. The highest BCUT2D eigenvalue weighted by molar-refractivity contribution is 14.1. The molecule has 0 aromatic heterocycles. The Kier molecular flexibility index (Phi) is 6.84. The van der Waals surface area contributed by atoms with Gasteiger partial charge in [0.2, 0.25) is 10.0 Å². The standard InChI is InChI=1S/C27H39IN2O4S/c1-15-6-23(10-24(18(15)4)35(32,33)30-13-16(2)34-17(3)14-30)26(31)29-19(5)27-11-20-7-21(12-27)9-22(8-20)25(27)28/h6,10,16-17,19-22,25H,7-9,11-14H2,1-5H3,(H,29,31). The number of halogens is 1. The average Bonchev–Trinajstić information content (AvgIpc) is 2.77. The Morgan fingerprint density at radius 2 is 1.71 bits per heavy atom. The molecule has 8 heteroatoms. The van der Waals surface area contributed by atoms with Crippen LogP contribution in [0.1, 0.15) is 74.4 Å². The third-order valence-corrected chi connectivity index (χ3v) is 13.6.